The fraction of sp³-hybridized carbons (Fsp3) is 0.333. The van der Waals surface area contributed by atoms with Crippen LogP contribution in [0.15, 0.2) is 27.6 Å². The van der Waals surface area contributed by atoms with Gasteiger partial charge < -0.3 is 9.30 Å². The van der Waals surface area contributed by atoms with Crippen molar-refractivity contribution in [3.8, 4) is 0 Å². The Labute approximate surface area is 134 Å². The Morgan fingerprint density at radius 3 is 2.81 bits per heavy atom. The van der Waals surface area contributed by atoms with Crippen molar-refractivity contribution >= 4 is 44.4 Å². The van der Waals surface area contributed by atoms with E-state index in [2.05, 4.69) is 15.9 Å². The molecular formula is C15H13BrClNO3. The number of pyridine rings is 1. The van der Waals surface area contributed by atoms with Crippen LogP contribution in [0.1, 0.15) is 36.2 Å². The number of fused-ring (bicyclic) bond motifs is 1. The molecule has 0 atom stereocenters. The molecule has 1 heterocycles. The standard InChI is InChI=1S/C15H13BrClNO3/c1-2-21-15(20)10-7-18(8-3-4-8)13-6-12(17)11(16)5-9(13)14(10)19/h5-8H,2-4H2,1H3. The van der Waals surface area contributed by atoms with Crippen molar-refractivity contribution in [1.29, 1.82) is 0 Å². The number of carbonyl (C=O) groups excluding carboxylic acids is 1. The molecule has 0 aliphatic heterocycles. The SMILES string of the molecule is CCOC(=O)c1cn(C2CC2)c2cc(Cl)c(Br)cc2c1=O. The second-order valence-corrected chi connectivity index (χ2v) is 6.28. The lowest BCUT2D eigenvalue weighted by Gasteiger charge is -2.13. The van der Waals surface area contributed by atoms with E-state index >= 15 is 0 Å². The van der Waals surface area contributed by atoms with Crippen LogP contribution in [0.3, 0.4) is 0 Å². The molecule has 0 N–H and O–H groups in total. The van der Waals surface area contributed by atoms with Crippen LogP contribution >= 0.6 is 27.5 Å². The summed E-state index contributed by atoms with van der Waals surface area (Å²) in [5, 5.41) is 1.02. The first-order valence-corrected chi connectivity index (χ1v) is 7.91. The molecule has 0 spiro atoms. The summed E-state index contributed by atoms with van der Waals surface area (Å²) in [6, 6.07) is 3.75. The van der Waals surface area contributed by atoms with E-state index in [1.807, 2.05) is 4.57 Å². The van der Waals surface area contributed by atoms with Crippen LogP contribution in [0.2, 0.25) is 5.02 Å². The Balaban J connectivity index is 2.31. The van der Waals surface area contributed by atoms with E-state index in [0.717, 1.165) is 18.4 Å². The van der Waals surface area contributed by atoms with Crippen LogP contribution in [0.25, 0.3) is 10.9 Å². The lowest BCUT2D eigenvalue weighted by molar-refractivity contribution is 0.0524. The van der Waals surface area contributed by atoms with E-state index in [-0.39, 0.29) is 17.6 Å². The third-order valence-electron chi connectivity index (χ3n) is 3.51. The van der Waals surface area contributed by atoms with Gasteiger partial charge in [-0.2, -0.15) is 0 Å². The van der Waals surface area contributed by atoms with E-state index in [4.69, 9.17) is 16.3 Å². The first-order chi connectivity index (χ1) is 10.0. The minimum Gasteiger partial charge on any atom is -0.462 e. The van der Waals surface area contributed by atoms with Crippen molar-refractivity contribution in [1.82, 2.24) is 4.57 Å². The maximum absolute atomic E-state index is 12.5. The zero-order valence-electron chi connectivity index (χ0n) is 11.4. The Hall–Kier alpha value is -1.33. The maximum Gasteiger partial charge on any atom is 0.343 e. The molecule has 6 heteroatoms. The van der Waals surface area contributed by atoms with Gasteiger partial charge in [-0.05, 0) is 47.8 Å². The molecule has 1 fully saturated rings. The van der Waals surface area contributed by atoms with Crippen LogP contribution in [0, 0.1) is 0 Å². The van der Waals surface area contributed by atoms with Crippen molar-refractivity contribution in [2.45, 2.75) is 25.8 Å². The Morgan fingerprint density at radius 1 is 1.48 bits per heavy atom. The smallest absolute Gasteiger partial charge is 0.343 e. The predicted octanol–water partition coefficient (Wildman–Crippen LogP) is 3.93. The molecule has 110 valence electrons. The van der Waals surface area contributed by atoms with E-state index in [9.17, 15) is 9.59 Å². The van der Waals surface area contributed by atoms with E-state index in [1.165, 1.54) is 0 Å². The topological polar surface area (TPSA) is 48.3 Å². The Bertz CT molecular complexity index is 796. The normalized spacial score (nSPS) is 14.4. The molecule has 1 aliphatic carbocycles. The van der Waals surface area contributed by atoms with Gasteiger partial charge in [0.05, 0.1) is 17.1 Å². The van der Waals surface area contributed by atoms with Crippen LogP contribution in [-0.4, -0.2) is 17.1 Å². The number of carbonyl (C=O) groups is 1. The molecule has 4 nitrogen and oxygen atoms in total. The quantitative estimate of drug-likeness (QED) is 0.769. The largest absolute Gasteiger partial charge is 0.462 e. The van der Waals surface area contributed by atoms with Crippen molar-refractivity contribution < 1.29 is 9.53 Å². The van der Waals surface area contributed by atoms with Gasteiger partial charge in [0.15, 0.2) is 0 Å². The number of nitrogens with zero attached hydrogens (tertiary/aromatic N) is 1. The van der Waals surface area contributed by atoms with Gasteiger partial charge in [-0.15, -0.1) is 0 Å². The Kier molecular flexibility index (Phi) is 3.80. The van der Waals surface area contributed by atoms with Crippen molar-refractivity contribution in [3.05, 3.63) is 43.6 Å². The number of benzene rings is 1. The van der Waals surface area contributed by atoms with Gasteiger partial charge in [0.2, 0.25) is 5.43 Å². The van der Waals surface area contributed by atoms with Gasteiger partial charge in [-0.1, -0.05) is 11.6 Å². The van der Waals surface area contributed by atoms with Crippen molar-refractivity contribution in [2.24, 2.45) is 0 Å². The van der Waals surface area contributed by atoms with Crippen molar-refractivity contribution in [3.63, 3.8) is 0 Å². The lowest BCUT2D eigenvalue weighted by Crippen LogP contribution is -2.20. The summed E-state index contributed by atoms with van der Waals surface area (Å²) in [4.78, 5) is 24.5. The monoisotopic (exact) mass is 369 g/mol. The van der Waals surface area contributed by atoms with E-state index < -0.39 is 5.97 Å². The molecule has 1 aliphatic rings. The summed E-state index contributed by atoms with van der Waals surface area (Å²) in [5.41, 5.74) is 0.506. The molecule has 2 aromatic rings. The second-order valence-electron chi connectivity index (χ2n) is 5.01. The van der Waals surface area contributed by atoms with Gasteiger partial charge in [0, 0.05) is 22.1 Å². The van der Waals surface area contributed by atoms with Gasteiger partial charge in [-0.3, -0.25) is 4.79 Å². The highest BCUT2D eigenvalue weighted by atomic mass is 79.9. The predicted molar refractivity (Wildman–Crippen MR) is 85.1 cm³/mol. The van der Waals surface area contributed by atoms with Gasteiger partial charge in [0.25, 0.3) is 0 Å². The Morgan fingerprint density at radius 2 is 2.19 bits per heavy atom. The minimum atomic E-state index is -0.579. The molecule has 0 saturated heterocycles. The van der Waals surface area contributed by atoms with Crippen LogP contribution in [0.4, 0.5) is 0 Å². The summed E-state index contributed by atoms with van der Waals surface area (Å²) in [7, 11) is 0. The number of esters is 1. The first-order valence-electron chi connectivity index (χ1n) is 6.74. The summed E-state index contributed by atoms with van der Waals surface area (Å²) in [5.74, 6) is -0.579. The molecule has 1 aromatic heterocycles. The molecule has 0 unspecified atom stereocenters. The van der Waals surface area contributed by atoms with Gasteiger partial charge in [-0.25, -0.2) is 4.79 Å². The molecule has 0 bridgehead atoms. The number of rotatable bonds is 3. The van der Waals surface area contributed by atoms with Gasteiger partial charge >= 0.3 is 5.97 Å². The van der Waals surface area contributed by atoms with Crippen LogP contribution < -0.4 is 5.43 Å². The van der Waals surface area contributed by atoms with E-state index in [0.29, 0.717) is 20.9 Å². The third-order valence-corrected chi connectivity index (χ3v) is 4.71. The summed E-state index contributed by atoms with van der Waals surface area (Å²) in [6.45, 7) is 1.96. The number of halogens is 2. The maximum atomic E-state index is 12.5. The van der Waals surface area contributed by atoms with Crippen LogP contribution in [-0.2, 0) is 4.74 Å². The lowest BCUT2D eigenvalue weighted by atomic mass is 10.1. The fourth-order valence-corrected chi connectivity index (χ4v) is 2.85. The summed E-state index contributed by atoms with van der Waals surface area (Å²) in [6.07, 6.45) is 3.67. The molecule has 0 amide bonds. The molecular weight excluding hydrogens is 358 g/mol. The average Bonchev–Trinajstić information content (AvgIpc) is 3.26. The minimum absolute atomic E-state index is 0.0745. The molecule has 21 heavy (non-hydrogen) atoms. The summed E-state index contributed by atoms with van der Waals surface area (Å²) >= 11 is 9.46. The fourth-order valence-electron chi connectivity index (χ4n) is 2.35. The number of ether oxygens (including phenoxy) is 1. The first kappa shape index (κ1) is 14.6. The molecule has 1 saturated carbocycles. The summed E-state index contributed by atoms with van der Waals surface area (Å²) < 4.78 is 7.57. The highest BCUT2D eigenvalue weighted by molar-refractivity contribution is 9.10. The second kappa shape index (κ2) is 5.46. The molecule has 3 rings (SSSR count). The zero-order chi connectivity index (χ0) is 15.1. The molecule has 1 aromatic carbocycles. The number of hydrogen-bond donors (Lipinski definition) is 0. The highest BCUT2D eigenvalue weighted by Crippen LogP contribution is 2.38. The number of aromatic nitrogens is 1. The average molecular weight is 371 g/mol. The highest BCUT2D eigenvalue weighted by Gasteiger charge is 2.27. The zero-order valence-corrected chi connectivity index (χ0v) is 13.7. The van der Waals surface area contributed by atoms with Crippen LogP contribution in [0.5, 0.6) is 0 Å². The number of hydrogen-bond acceptors (Lipinski definition) is 3. The van der Waals surface area contributed by atoms with Crippen molar-refractivity contribution in [2.75, 3.05) is 6.61 Å². The van der Waals surface area contributed by atoms with Gasteiger partial charge in [0.1, 0.15) is 5.56 Å². The molecule has 0 radical (unpaired) electrons. The third kappa shape index (κ3) is 2.60. The van der Waals surface area contributed by atoms with E-state index in [1.54, 1.807) is 25.3 Å².